The summed E-state index contributed by atoms with van der Waals surface area (Å²) in [6, 6.07) is -1.09. The van der Waals surface area contributed by atoms with Crippen molar-refractivity contribution < 1.29 is 82.2 Å². The molecule has 6 N–H and O–H groups in total. The molecule has 0 aliphatic heterocycles. The molecule has 1 aliphatic rings. The zero-order valence-electron chi connectivity index (χ0n) is 48.0. The molecule has 1 rings (SSSR count). The van der Waals surface area contributed by atoms with Crippen LogP contribution in [0.3, 0.4) is 0 Å². The number of ether oxygens (including phenoxy) is 4. The van der Waals surface area contributed by atoms with E-state index in [9.17, 15) is 58.2 Å². The molecular weight excluding hydrogens is 1020 g/mol. The van der Waals surface area contributed by atoms with E-state index in [-0.39, 0.29) is 152 Å². The van der Waals surface area contributed by atoms with Gasteiger partial charge in [0.25, 0.3) is 0 Å². The fourth-order valence-corrected chi connectivity index (χ4v) is 9.41. The summed E-state index contributed by atoms with van der Waals surface area (Å²) in [7, 11) is 0. The number of aliphatic carboxylic acids is 3. The first-order valence-electron chi connectivity index (χ1n) is 30.0. The van der Waals surface area contributed by atoms with Crippen LogP contribution in [0, 0.1) is 17.8 Å². The number of nitrogens with one attached hydrogen (secondary N) is 3. The molecule has 3 amide bonds. The number of hydrogen-bond donors (Lipinski definition) is 6. The Labute approximate surface area is 470 Å². The number of carbonyl (C=O) groups is 10. The number of Topliss-reactive ketones (excluding diaryl/α,β-unsaturated/α-hetero) is 4. The topological polar surface area (TPSA) is 304 Å². The lowest BCUT2D eigenvalue weighted by atomic mass is 9.78. The van der Waals surface area contributed by atoms with Gasteiger partial charge >= 0.3 is 17.9 Å². The Kier molecular flexibility index (Phi) is 45.0. The second-order valence-electron chi connectivity index (χ2n) is 21.3. The minimum atomic E-state index is -1.20. The van der Waals surface area contributed by atoms with E-state index in [2.05, 4.69) is 16.0 Å². The van der Waals surface area contributed by atoms with Crippen molar-refractivity contribution in [2.24, 2.45) is 17.8 Å². The molecule has 0 bridgehead atoms. The molecule has 20 heteroatoms. The minimum absolute atomic E-state index is 0.00450. The molecule has 0 spiro atoms. The van der Waals surface area contributed by atoms with Gasteiger partial charge in [-0.15, -0.1) is 0 Å². The molecule has 0 saturated heterocycles. The predicted octanol–water partition coefficient (Wildman–Crippen LogP) is 8.45. The second-order valence-corrected chi connectivity index (χ2v) is 21.3. The molecule has 0 radical (unpaired) electrons. The van der Waals surface area contributed by atoms with E-state index in [1.165, 1.54) is 64.2 Å². The lowest BCUT2D eigenvalue weighted by Crippen LogP contribution is -2.41. The number of amides is 3. The van der Waals surface area contributed by atoms with Gasteiger partial charge in [-0.1, -0.05) is 103 Å². The van der Waals surface area contributed by atoms with Gasteiger partial charge in [0.1, 0.15) is 19.0 Å². The average Bonchev–Trinajstić information content (AvgIpc) is 3.42. The van der Waals surface area contributed by atoms with E-state index in [1.807, 2.05) is 6.92 Å². The van der Waals surface area contributed by atoms with E-state index in [1.54, 1.807) is 0 Å². The smallest absolute Gasteiger partial charge is 0.306 e. The monoisotopic (exact) mass is 1120 g/mol. The van der Waals surface area contributed by atoms with Crippen LogP contribution in [0.2, 0.25) is 0 Å². The van der Waals surface area contributed by atoms with Crippen molar-refractivity contribution in [1.82, 2.24) is 16.0 Å². The molecule has 454 valence electrons. The van der Waals surface area contributed by atoms with Crippen molar-refractivity contribution in [3.8, 4) is 0 Å². The lowest BCUT2D eigenvalue weighted by molar-refractivity contribution is -0.145. The summed E-state index contributed by atoms with van der Waals surface area (Å²) in [6.45, 7) is 3.51. The van der Waals surface area contributed by atoms with Crippen molar-refractivity contribution in [3.63, 3.8) is 0 Å². The highest BCUT2D eigenvalue weighted by atomic mass is 16.5. The third kappa shape index (κ3) is 43.8. The Hall–Kier alpha value is -4.66. The molecule has 0 heterocycles. The first-order valence-corrected chi connectivity index (χ1v) is 30.0. The van der Waals surface area contributed by atoms with Gasteiger partial charge in [-0.05, 0) is 76.5 Å². The third-order valence-corrected chi connectivity index (χ3v) is 14.3. The van der Waals surface area contributed by atoms with Crippen molar-refractivity contribution >= 4 is 58.8 Å². The molecule has 1 aliphatic carbocycles. The van der Waals surface area contributed by atoms with Crippen LogP contribution >= 0.6 is 0 Å². The van der Waals surface area contributed by atoms with Gasteiger partial charge in [0.2, 0.25) is 17.7 Å². The lowest BCUT2D eigenvalue weighted by Gasteiger charge is -2.28. The molecule has 0 aromatic heterocycles. The molecule has 0 aromatic rings. The fraction of sp³-hybridized carbons (Fsp3) is 0.831. The van der Waals surface area contributed by atoms with Crippen molar-refractivity contribution in [2.75, 3.05) is 65.9 Å². The number of unbranched alkanes of at least 4 members (excludes halogenated alkanes) is 16. The van der Waals surface area contributed by atoms with Gasteiger partial charge in [0.05, 0.1) is 44.9 Å². The van der Waals surface area contributed by atoms with Crippen LogP contribution in [0.5, 0.6) is 0 Å². The largest absolute Gasteiger partial charge is 0.481 e. The molecule has 79 heavy (non-hydrogen) atoms. The summed E-state index contributed by atoms with van der Waals surface area (Å²) in [5.74, 6) is -5.81. The summed E-state index contributed by atoms with van der Waals surface area (Å²) >= 11 is 0. The quantitative estimate of drug-likeness (QED) is 0.0311. The second kappa shape index (κ2) is 49.2. The highest BCUT2D eigenvalue weighted by Crippen LogP contribution is 2.31. The maximum atomic E-state index is 13.2. The summed E-state index contributed by atoms with van der Waals surface area (Å²) in [4.78, 5) is 121. The molecule has 1 fully saturated rings. The third-order valence-electron chi connectivity index (χ3n) is 14.3. The standard InChI is InChI=1S/C59H101N3O17/c1-2-3-22-49(63)43-61-56(69)45-79-40-38-76-35-20-23-50(64)44-78-39-37-77-36-21-24-52(65)51(32-34-58(72)73)62-55(68)33-31-48(59(74)75)41-53(66)47-29-27-46(28-30-47)42-60-54(67)25-18-16-14-12-10-8-6-4-5-7-9-11-13-15-17-19-26-57(70)71/h46-48,51H,2-45H2,1H3,(H,60,67)(H,61,69)(H,62,68)(H,70,71)(H,72,73)(H,74,75)/t46?,47?,48-,51+/m1/s1. The van der Waals surface area contributed by atoms with Gasteiger partial charge in [0.15, 0.2) is 17.3 Å². The van der Waals surface area contributed by atoms with E-state index < -0.39 is 41.6 Å². The van der Waals surface area contributed by atoms with E-state index in [0.717, 1.165) is 64.2 Å². The highest BCUT2D eigenvalue weighted by molar-refractivity contribution is 5.90. The number of carboxylic acid groups (broad SMARTS) is 3. The number of rotatable bonds is 56. The van der Waals surface area contributed by atoms with Crippen molar-refractivity contribution in [3.05, 3.63) is 0 Å². The Morgan fingerprint density at radius 3 is 1.51 bits per heavy atom. The van der Waals surface area contributed by atoms with Crippen LogP contribution < -0.4 is 16.0 Å². The fourth-order valence-electron chi connectivity index (χ4n) is 9.41. The van der Waals surface area contributed by atoms with Crippen LogP contribution in [-0.2, 0) is 66.9 Å². The average molecular weight is 1120 g/mol. The van der Waals surface area contributed by atoms with E-state index >= 15 is 0 Å². The Morgan fingerprint density at radius 2 is 0.962 bits per heavy atom. The van der Waals surface area contributed by atoms with Crippen molar-refractivity contribution in [2.45, 2.75) is 231 Å². The highest BCUT2D eigenvalue weighted by Gasteiger charge is 2.31. The predicted molar refractivity (Wildman–Crippen MR) is 297 cm³/mol. The van der Waals surface area contributed by atoms with Gasteiger partial charge < -0.3 is 50.2 Å². The number of ketones is 4. The summed E-state index contributed by atoms with van der Waals surface area (Å²) < 4.78 is 21.5. The number of carbonyl (C=O) groups excluding carboxylic acids is 7. The van der Waals surface area contributed by atoms with Crippen LogP contribution in [0.1, 0.15) is 225 Å². The maximum Gasteiger partial charge on any atom is 0.306 e. The van der Waals surface area contributed by atoms with Gasteiger partial charge in [-0.25, -0.2) is 0 Å². The first kappa shape index (κ1) is 72.4. The minimum Gasteiger partial charge on any atom is -0.481 e. The van der Waals surface area contributed by atoms with Crippen molar-refractivity contribution in [1.29, 1.82) is 0 Å². The Bertz CT molecular complexity index is 1740. The first-order chi connectivity index (χ1) is 38.1. The normalized spacial score (nSPS) is 14.9. The Morgan fingerprint density at radius 1 is 0.456 bits per heavy atom. The molecule has 20 nitrogen and oxygen atoms in total. The van der Waals surface area contributed by atoms with Crippen LogP contribution in [-0.4, -0.2) is 146 Å². The SMILES string of the molecule is CCCCC(=O)CNC(=O)COCCOCCCC(=O)COCCOCCCC(=O)[C@H](CCC(=O)O)NC(=O)CC[C@H](CC(=O)C1CCC(CNC(=O)CCCCCCCCCCCCCCCCCCC(=O)O)CC1)C(=O)O. The molecule has 1 saturated carbocycles. The van der Waals surface area contributed by atoms with Crippen LogP contribution in [0.4, 0.5) is 0 Å². The summed E-state index contributed by atoms with van der Waals surface area (Å²) in [5.41, 5.74) is 0. The van der Waals surface area contributed by atoms with Gasteiger partial charge in [-0.3, -0.25) is 47.9 Å². The van der Waals surface area contributed by atoms with Gasteiger partial charge in [0, 0.05) is 77.0 Å². The zero-order valence-corrected chi connectivity index (χ0v) is 48.0. The zero-order chi connectivity index (χ0) is 58.1. The van der Waals surface area contributed by atoms with E-state index in [0.29, 0.717) is 45.3 Å². The molecule has 0 aromatic carbocycles. The molecule has 2 atom stereocenters. The molecular formula is C59H101N3O17. The Balaban J connectivity index is 2.18. The molecule has 0 unspecified atom stereocenters. The summed E-state index contributed by atoms with van der Waals surface area (Å²) in [6.07, 6.45) is 24.0. The maximum absolute atomic E-state index is 13.2. The number of hydrogen-bond acceptors (Lipinski definition) is 14. The van der Waals surface area contributed by atoms with Gasteiger partial charge in [-0.2, -0.15) is 0 Å². The van der Waals surface area contributed by atoms with Crippen LogP contribution in [0.25, 0.3) is 0 Å². The van der Waals surface area contributed by atoms with Crippen LogP contribution in [0.15, 0.2) is 0 Å². The van der Waals surface area contributed by atoms with E-state index in [4.69, 9.17) is 24.1 Å². The number of carboxylic acids is 3. The summed E-state index contributed by atoms with van der Waals surface area (Å²) in [5, 5.41) is 36.0.